The molecule has 0 bridgehead atoms. The number of rotatable bonds is 8. The van der Waals surface area contributed by atoms with E-state index in [1.54, 1.807) is 18.3 Å². The zero-order valence-corrected chi connectivity index (χ0v) is 16.8. The topological polar surface area (TPSA) is 104 Å². The summed E-state index contributed by atoms with van der Waals surface area (Å²) in [7, 11) is 0. The van der Waals surface area contributed by atoms with E-state index in [1.165, 1.54) is 4.68 Å². The normalized spacial score (nSPS) is 10.5. The van der Waals surface area contributed by atoms with Crippen molar-refractivity contribution in [3.05, 3.63) is 84.3 Å². The highest BCUT2D eigenvalue weighted by molar-refractivity contribution is 5.95. The second-order valence-electron chi connectivity index (χ2n) is 6.40. The Labute approximate surface area is 178 Å². The molecule has 156 valence electrons. The highest BCUT2D eigenvalue weighted by Gasteiger charge is 2.16. The van der Waals surface area contributed by atoms with Crippen LogP contribution in [-0.2, 0) is 11.3 Å². The molecule has 0 atom stereocenters. The molecule has 1 N–H and O–H groups in total. The fraction of sp³-hybridized carbons (Fsp3) is 0.136. The number of ether oxygens (including phenoxy) is 2. The highest BCUT2D eigenvalue weighted by atomic mass is 16.5. The second kappa shape index (κ2) is 9.49. The van der Waals surface area contributed by atoms with E-state index in [0.717, 1.165) is 17.1 Å². The van der Waals surface area contributed by atoms with E-state index >= 15 is 0 Å². The van der Waals surface area contributed by atoms with Gasteiger partial charge in [0.15, 0.2) is 12.4 Å². The molecule has 9 heteroatoms. The second-order valence-corrected chi connectivity index (χ2v) is 6.40. The molecular weight excluding hydrogens is 396 g/mol. The van der Waals surface area contributed by atoms with Gasteiger partial charge in [-0.15, -0.1) is 5.10 Å². The van der Waals surface area contributed by atoms with Crippen LogP contribution in [0.25, 0.3) is 5.69 Å². The molecule has 2 aromatic carbocycles. The predicted molar refractivity (Wildman–Crippen MR) is 113 cm³/mol. The summed E-state index contributed by atoms with van der Waals surface area (Å²) in [6.45, 7) is 2.44. The van der Waals surface area contributed by atoms with Crippen molar-refractivity contribution in [2.24, 2.45) is 0 Å². The molecule has 0 saturated carbocycles. The minimum absolute atomic E-state index is 0.0852. The van der Waals surface area contributed by atoms with Crippen molar-refractivity contribution in [3.8, 4) is 11.4 Å². The van der Waals surface area contributed by atoms with Gasteiger partial charge in [0.2, 0.25) is 0 Å². The van der Waals surface area contributed by atoms with Gasteiger partial charge in [0.1, 0.15) is 17.1 Å². The van der Waals surface area contributed by atoms with Crippen LogP contribution in [0, 0.1) is 0 Å². The van der Waals surface area contributed by atoms with E-state index in [0.29, 0.717) is 23.8 Å². The Balaban J connectivity index is 1.46. The van der Waals surface area contributed by atoms with Gasteiger partial charge in [0.25, 0.3) is 0 Å². The lowest BCUT2D eigenvalue weighted by Crippen LogP contribution is -2.12. The highest BCUT2D eigenvalue weighted by Crippen LogP contribution is 2.22. The third-order valence-corrected chi connectivity index (χ3v) is 4.32. The third kappa shape index (κ3) is 4.84. The SMILES string of the molecule is CCOc1ccc(Nc2ncccc2C(=O)OCc2nnnn2-c2ccccc2)cc1. The first-order valence-corrected chi connectivity index (χ1v) is 9.69. The van der Waals surface area contributed by atoms with Crippen molar-refractivity contribution in [1.29, 1.82) is 0 Å². The molecule has 9 nitrogen and oxygen atoms in total. The van der Waals surface area contributed by atoms with Gasteiger partial charge in [-0.1, -0.05) is 18.2 Å². The molecule has 0 radical (unpaired) electrons. The van der Waals surface area contributed by atoms with Crippen LogP contribution in [0.5, 0.6) is 5.75 Å². The number of esters is 1. The fourth-order valence-corrected chi connectivity index (χ4v) is 2.88. The van der Waals surface area contributed by atoms with Crippen LogP contribution in [0.3, 0.4) is 0 Å². The molecule has 2 heterocycles. The number of pyridine rings is 1. The van der Waals surface area contributed by atoms with Gasteiger partial charge >= 0.3 is 5.97 Å². The molecule has 0 aliphatic rings. The largest absolute Gasteiger partial charge is 0.494 e. The Kier molecular flexibility index (Phi) is 6.13. The maximum absolute atomic E-state index is 12.7. The van der Waals surface area contributed by atoms with Gasteiger partial charge in [-0.05, 0) is 65.9 Å². The number of carbonyl (C=O) groups is 1. The van der Waals surface area contributed by atoms with E-state index in [1.807, 2.05) is 61.5 Å². The molecule has 0 spiro atoms. The van der Waals surface area contributed by atoms with Gasteiger partial charge in [0.05, 0.1) is 12.3 Å². The summed E-state index contributed by atoms with van der Waals surface area (Å²) in [5, 5.41) is 14.7. The summed E-state index contributed by atoms with van der Waals surface area (Å²) < 4.78 is 12.4. The first-order chi connectivity index (χ1) is 15.2. The standard InChI is InChI=1S/C22H20N6O3/c1-2-30-18-12-10-16(11-13-18)24-21-19(9-6-14-23-21)22(29)31-15-20-25-26-27-28(20)17-7-4-3-5-8-17/h3-14H,2,15H2,1H3,(H,23,24). The Bertz CT molecular complexity index is 1150. The van der Waals surface area contributed by atoms with Crippen LogP contribution in [0.1, 0.15) is 23.1 Å². The molecule has 0 aliphatic carbocycles. The minimum Gasteiger partial charge on any atom is -0.494 e. The molecule has 4 rings (SSSR count). The Morgan fingerprint density at radius 2 is 1.84 bits per heavy atom. The smallest absolute Gasteiger partial charge is 0.342 e. The summed E-state index contributed by atoms with van der Waals surface area (Å²) in [5.41, 5.74) is 1.84. The Morgan fingerprint density at radius 1 is 1.03 bits per heavy atom. The van der Waals surface area contributed by atoms with Crippen molar-refractivity contribution in [1.82, 2.24) is 25.2 Å². The average molecular weight is 416 g/mol. The van der Waals surface area contributed by atoms with Crippen molar-refractivity contribution >= 4 is 17.5 Å². The quantitative estimate of drug-likeness (QED) is 0.435. The Morgan fingerprint density at radius 3 is 2.61 bits per heavy atom. The lowest BCUT2D eigenvalue weighted by molar-refractivity contribution is 0.0460. The number of anilines is 2. The molecular formula is C22H20N6O3. The number of carbonyl (C=O) groups excluding carboxylic acids is 1. The van der Waals surface area contributed by atoms with Crippen molar-refractivity contribution in [2.45, 2.75) is 13.5 Å². The fourth-order valence-electron chi connectivity index (χ4n) is 2.88. The number of nitrogens with zero attached hydrogens (tertiary/aromatic N) is 5. The van der Waals surface area contributed by atoms with Crippen LogP contribution in [0.15, 0.2) is 72.9 Å². The number of benzene rings is 2. The first-order valence-electron chi connectivity index (χ1n) is 9.69. The summed E-state index contributed by atoms with van der Waals surface area (Å²) in [5.74, 6) is 1.03. The van der Waals surface area contributed by atoms with Gasteiger partial charge < -0.3 is 14.8 Å². The molecule has 4 aromatic rings. The molecule has 2 aromatic heterocycles. The molecule has 0 saturated heterocycles. The van der Waals surface area contributed by atoms with Crippen molar-refractivity contribution < 1.29 is 14.3 Å². The average Bonchev–Trinajstić information content (AvgIpc) is 3.29. The van der Waals surface area contributed by atoms with Crippen LogP contribution in [-0.4, -0.2) is 37.8 Å². The zero-order chi connectivity index (χ0) is 21.5. The lowest BCUT2D eigenvalue weighted by Gasteiger charge is -2.11. The molecule has 0 fully saturated rings. The van der Waals surface area contributed by atoms with E-state index < -0.39 is 5.97 Å². The van der Waals surface area contributed by atoms with Gasteiger partial charge in [-0.2, -0.15) is 4.68 Å². The molecule has 0 aliphatic heterocycles. The van der Waals surface area contributed by atoms with Crippen LogP contribution in [0.2, 0.25) is 0 Å². The maximum atomic E-state index is 12.7. The maximum Gasteiger partial charge on any atom is 0.342 e. The number of para-hydroxylation sites is 1. The van der Waals surface area contributed by atoms with Crippen LogP contribution < -0.4 is 10.1 Å². The summed E-state index contributed by atoms with van der Waals surface area (Å²) >= 11 is 0. The summed E-state index contributed by atoms with van der Waals surface area (Å²) in [4.78, 5) is 17.0. The molecule has 0 unspecified atom stereocenters. The van der Waals surface area contributed by atoms with Gasteiger partial charge in [-0.25, -0.2) is 9.78 Å². The first kappa shape index (κ1) is 20.0. The number of hydrogen-bond donors (Lipinski definition) is 1. The lowest BCUT2D eigenvalue weighted by atomic mass is 10.2. The number of hydrogen-bond acceptors (Lipinski definition) is 8. The van der Waals surface area contributed by atoms with Crippen LogP contribution >= 0.6 is 0 Å². The minimum atomic E-state index is -0.538. The van der Waals surface area contributed by atoms with Crippen LogP contribution in [0.4, 0.5) is 11.5 Å². The van der Waals surface area contributed by atoms with Crippen molar-refractivity contribution in [3.63, 3.8) is 0 Å². The van der Waals surface area contributed by atoms with Gasteiger partial charge in [0, 0.05) is 11.9 Å². The van der Waals surface area contributed by atoms with E-state index in [9.17, 15) is 4.79 Å². The molecule has 0 amide bonds. The van der Waals surface area contributed by atoms with Crippen molar-refractivity contribution in [2.75, 3.05) is 11.9 Å². The third-order valence-electron chi connectivity index (χ3n) is 4.32. The Hall–Kier alpha value is -4.27. The molecule has 31 heavy (non-hydrogen) atoms. The number of tetrazole rings is 1. The summed E-state index contributed by atoms with van der Waals surface area (Å²) in [6, 6.07) is 20.1. The zero-order valence-electron chi connectivity index (χ0n) is 16.8. The van der Waals surface area contributed by atoms with E-state index in [2.05, 4.69) is 25.8 Å². The summed E-state index contributed by atoms with van der Waals surface area (Å²) in [6.07, 6.45) is 1.60. The predicted octanol–water partition coefficient (Wildman–Crippen LogP) is 3.56. The van der Waals surface area contributed by atoms with Gasteiger partial charge in [-0.3, -0.25) is 0 Å². The van der Waals surface area contributed by atoms with E-state index in [-0.39, 0.29) is 6.61 Å². The number of nitrogens with one attached hydrogen (secondary N) is 1. The van der Waals surface area contributed by atoms with E-state index in [4.69, 9.17) is 9.47 Å². The monoisotopic (exact) mass is 416 g/mol. The number of aromatic nitrogens is 5.